The Morgan fingerprint density at radius 3 is 2.32 bits per heavy atom. The molecule has 0 aromatic heterocycles. The molecule has 4 nitrogen and oxygen atoms in total. The fraction of sp³-hybridized carbons (Fsp3) is 0.923. The molecule has 1 aliphatic heterocycles. The molecular formula is C13H29Cl2N3O. The summed E-state index contributed by atoms with van der Waals surface area (Å²) in [7, 11) is 5.95. The Labute approximate surface area is 130 Å². The quantitative estimate of drug-likeness (QED) is 0.857. The number of hydrogen-bond acceptors (Lipinski definition) is 3. The van der Waals surface area contributed by atoms with Crippen molar-refractivity contribution in [3.63, 3.8) is 0 Å². The topological polar surface area (TPSA) is 35.6 Å². The van der Waals surface area contributed by atoms with Crippen molar-refractivity contribution < 1.29 is 4.79 Å². The first-order valence-corrected chi connectivity index (χ1v) is 6.59. The zero-order valence-electron chi connectivity index (χ0n) is 12.7. The van der Waals surface area contributed by atoms with E-state index in [0.717, 1.165) is 19.5 Å². The van der Waals surface area contributed by atoms with E-state index in [2.05, 4.69) is 19.2 Å². The first kappa shape index (κ1) is 21.3. The number of likely N-dealkylation sites (tertiary alicyclic amines) is 1. The number of nitrogens with one attached hydrogen (secondary N) is 1. The third-order valence-corrected chi connectivity index (χ3v) is 3.58. The molecule has 19 heavy (non-hydrogen) atoms. The molecule has 1 amide bonds. The summed E-state index contributed by atoms with van der Waals surface area (Å²) in [6.45, 7) is 5.99. The van der Waals surface area contributed by atoms with Gasteiger partial charge in [-0.05, 0) is 39.9 Å². The molecule has 1 saturated heterocycles. The molecule has 6 heteroatoms. The van der Waals surface area contributed by atoms with Crippen LogP contribution in [0.2, 0.25) is 0 Å². The Bertz CT molecular complexity index is 254. The standard InChI is InChI=1S/C13H27N3O.2ClH/c1-10(2)12(15(4)5)13(17)16-8-6-7-11(9-16)14-3;;/h10-12,14H,6-9H2,1-5H3;2*1H/t11?,12-;;/m0../s1. The first-order chi connectivity index (χ1) is 7.97. The van der Waals surface area contributed by atoms with Crippen LogP contribution in [0.5, 0.6) is 0 Å². The maximum atomic E-state index is 12.5. The van der Waals surface area contributed by atoms with Crippen molar-refractivity contribution in [2.45, 2.75) is 38.8 Å². The average Bonchev–Trinajstić information content (AvgIpc) is 2.28. The van der Waals surface area contributed by atoms with Gasteiger partial charge in [0.25, 0.3) is 0 Å². The molecule has 1 unspecified atom stereocenters. The SMILES string of the molecule is CNC1CCCN(C(=O)[C@H](C(C)C)N(C)C)C1.Cl.Cl. The molecule has 0 saturated carbocycles. The van der Waals surface area contributed by atoms with Crippen LogP contribution >= 0.6 is 24.8 Å². The lowest BCUT2D eigenvalue weighted by Crippen LogP contribution is -2.54. The molecule has 0 bridgehead atoms. The van der Waals surface area contributed by atoms with Crippen molar-refractivity contribution >= 4 is 30.7 Å². The normalized spacial score (nSPS) is 20.8. The maximum absolute atomic E-state index is 12.5. The smallest absolute Gasteiger partial charge is 0.240 e. The molecule has 0 spiro atoms. The summed E-state index contributed by atoms with van der Waals surface area (Å²) in [6.07, 6.45) is 2.28. The van der Waals surface area contributed by atoms with Crippen molar-refractivity contribution in [1.82, 2.24) is 15.1 Å². The highest BCUT2D eigenvalue weighted by Crippen LogP contribution is 2.16. The summed E-state index contributed by atoms with van der Waals surface area (Å²) in [4.78, 5) is 16.6. The van der Waals surface area contributed by atoms with Crippen LogP contribution in [0.4, 0.5) is 0 Å². The van der Waals surface area contributed by atoms with E-state index < -0.39 is 0 Å². The predicted octanol–water partition coefficient (Wildman–Crippen LogP) is 1.63. The highest BCUT2D eigenvalue weighted by Gasteiger charge is 2.31. The molecule has 1 aliphatic rings. The molecule has 1 rings (SSSR count). The van der Waals surface area contributed by atoms with Crippen LogP contribution in [-0.2, 0) is 4.79 Å². The Balaban J connectivity index is 0. The van der Waals surface area contributed by atoms with Gasteiger partial charge in [0.1, 0.15) is 0 Å². The molecule has 0 aliphatic carbocycles. The summed E-state index contributed by atoms with van der Waals surface area (Å²) in [5.74, 6) is 0.636. The molecule has 1 heterocycles. The van der Waals surface area contributed by atoms with Crippen LogP contribution < -0.4 is 5.32 Å². The van der Waals surface area contributed by atoms with Gasteiger partial charge in [-0.2, -0.15) is 0 Å². The van der Waals surface area contributed by atoms with Gasteiger partial charge < -0.3 is 10.2 Å². The first-order valence-electron chi connectivity index (χ1n) is 6.59. The van der Waals surface area contributed by atoms with E-state index in [0.29, 0.717) is 12.0 Å². The Morgan fingerprint density at radius 1 is 1.32 bits per heavy atom. The third-order valence-electron chi connectivity index (χ3n) is 3.58. The van der Waals surface area contributed by atoms with Crippen molar-refractivity contribution in [3.8, 4) is 0 Å². The predicted molar refractivity (Wildman–Crippen MR) is 85.5 cm³/mol. The lowest BCUT2D eigenvalue weighted by atomic mass is 9.99. The monoisotopic (exact) mass is 313 g/mol. The molecule has 1 fully saturated rings. The molecule has 0 aromatic carbocycles. The van der Waals surface area contributed by atoms with Crippen molar-refractivity contribution in [2.75, 3.05) is 34.2 Å². The Kier molecular flexibility index (Phi) is 11.0. The fourth-order valence-electron chi connectivity index (χ4n) is 2.70. The minimum atomic E-state index is 0. The summed E-state index contributed by atoms with van der Waals surface area (Å²) >= 11 is 0. The number of carbonyl (C=O) groups is 1. The summed E-state index contributed by atoms with van der Waals surface area (Å²) < 4.78 is 0. The fourth-order valence-corrected chi connectivity index (χ4v) is 2.70. The minimum Gasteiger partial charge on any atom is -0.340 e. The maximum Gasteiger partial charge on any atom is 0.240 e. The van der Waals surface area contributed by atoms with Gasteiger partial charge in [0, 0.05) is 19.1 Å². The zero-order chi connectivity index (χ0) is 13.0. The van der Waals surface area contributed by atoms with Gasteiger partial charge in [0.2, 0.25) is 5.91 Å². The lowest BCUT2D eigenvalue weighted by Gasteiger charge is -2.37. The van der Waals surface area contributed by atoms with Gasteiger partial charge in [0.05, 0.1) is 6.04 Å². The Morgan fingerprint density at radius 2 is 1.89 bits per heavy atom. The van der Waals surface area contributed by atoms with E-state index in [9.17, 15) is 4.79 Å². The summed E-state index contributed by atoms with van der Waals surface area (Å²) in [6, 6.07) is 0.466. The van der Waals surface area contributed by atoms with E-state index in [-0.39, 0.29) is 36.8 Å². The van der Waals surface area contributed by atoms with Gasteiger partial charge in [-0.15, -0.1) is 24.8 Å². The average molecular weight is 314 g/mol. The largest absolute Gasteiger partial charge is 0.340 e. The van der Waals surface area contributed by atoms with Crippen molar-refractivity contribution in [3.05, 3.63) is 0 Å². The molecule has 116 valence electrons. The number of carbonyl (C=O) groups excluding carboxylic acids is 1. The minimum absolute atomic E-state index is 0. The summed E-state index contributed by atoms with van der Waals surface area (Å²) in [5, 5.41) is 3.28. The van der Waals surface area contributed by atoms with Crippen LogP contribution in [0.1, 0.15) is 26.7 Å². The van der Waals surface area contributed by atoms with Gasteiger partial charge in [-0.3, -0.25) is 9.69 Å². The molecule has 2 atom stereocenters. The molecule has 1 N–H and O–H groups in total. The Hall–Kier alpha value is -0.0300. The van der Waals surface area contributed by atoms with Gasteiger partial charge in [0.15, 0.2) is 0 Å². The van der Waals surface area contributed by atoms with E-state index in [1.54, 1.807) is 0 Å². The molecular weight excluding hydrogens is 285 g/mol. The van der Waals surface area contributed by atoms with Crippen LogP contribution in [0.15, 0.2) is 0 Å². The van der Waals surface area contributed by atoms with Crippen LogP contribution in [-0.4, -0.2) is 62.0 Å². The number of amides is 1. The van der Waals surface area contributed by atoms with Gasteiger partial charge >= 0.3 is 0 Å². The lowest BCUT2D eigenvalue weighted by molar-refractivity contribution is -0.139. The van der Waals surface area contributed by atoms with Crippen LogP contribution in [0, 0.1) is 5.92 Å². The zero-order valence-corrected chi connectivity index (χ0v) is 14.3. The van der Waals surface area contributed by atoms with E-state index in [4.69, 9.17) is 0 Å². The molecule has 0 radical (unpaired) electrons. The number of likely N-dealkylation sites (N-methyl/N-ethyl adjacent to an activating group) is 2. The number of nitrogens with zero attached hydrogens (tertiary/aromatic N) is 2. The van der Waals surface area contributed by atoms with Crippen LogP contribution in [0.25, 0.3) is 0 Å². The van der Waals surface area contributed by atoms with Crippen molar-refractivity contribution in [2.24, 2.45) is 5.92 Å². The van der Waals surface area contributed by atoms with E-state index in [1.165, 1.54) is 6.42 Å². The second-order valence-electron chi connectivity index (χ2n) is 5.56. The number of halogens is 2. The third kappa shape index (κ3) is 5.86. The summed E-state index contributed by atoms with van der Waals surface area (Å²) in [5.41, 5.74) is 0. The van der Waals surface area contributed by atoms with Crippen molar-refractivity contribution in [1.29, 1.82) is 0 Å². The number of rotatable bonds is 4. The second-order valence-corrected chi connectivity index (χ2v) is 5.56. The number of hydrogen-bond donors (Lipinski definition) is 1. The van der Waals surface area contributed by atoms with Crippen LogP contribution in [0.3, 0.4) is 0 Å². The molecule has 0 aromatic rings. The highest BCUT2D eigenvalue weighted by atomic mass is 35.5. The van der Waals surface area contributed by atoms with Gasteiger partial charge in [-0.1, -0.05) is 13.8 Å². The van der Waals surface area contributed by atoms with E-state index >= 15 is 0 Å². The highest BCUT2D eigenvalue weighted by molar-refractivity contribution is 5.85. The number of piperidine rings is 1. The van der Waals surface area contributed by atoms with E-state index in [1.807, 2.05) is 30.9 Å². The second kappa shape index (κ2) is 9.81. The van der Waals surface area contributed by atoms with Gasteiger partial charge in [-0.25, -0.2) is 0 Å².